The van der Waals surface area contributed by atoms with Gasteiger partial charge in [-0.15, -0.1) is 11.3 Å². The van der Waals surface area contributed by atoms with Gasteiger partial charge in [0.05, 0.1) is 6.04 Å². The lowest BCUT2D eigenvalue weighted by Crippen LogP contribution is -2.45. The molecular formula is C29H32FN3O3S. The zero-order valence-corrected chi connectivity index (χ0v) is 22.3. The number of fused-ring (bicyclic) bond motifs is 1. The van der Waals surface area contributed by atoms with Crippen LogP contribution in [-0.2, 0) is 17.8 Å². The van der Waals surface area contributed by atoms with Gasteiger partial charge < -0.3 is 14.5 Å². The summed E-state index contributed by atoms with van der Waals surface area (Å²) in [5.74, 6) is 0.322. The van der Waals surface area contributed by atoms with Crippen LogP contribution < -0.4 is 4.74 Å². The lowest BCUT2D eigenvalue weighted by atomic mass is 9.85. The highest BCUT2D eigenvalue weighted by Gasteiger charge is 2.37. The Kier molecular flexibility index (Phi) is 7.03. The van der Waals surface area contributed by atoms with Gasteiger partial charge >= 0.3 is 0 Å². The van der Waals surface area contributed by atoms with Crippen LogP contribution in [0.4, 0.5) is 4.39 Å². The summed E-state index contributed by atoms with van der Waals surface area (Å²) in [4.78, 5) is 34.2. The number of ether oxygens (including phenoxy) is 1. The van der Waals surface area contributed by atoms with Crippen molar-refractivity contribution in [2.75, 3.05) is 19.6 Å². The number of thiazole rings is 1. The maximum atomic E-state index is 14.2. The Bertz CT molecular complexity index is 1310. The summed E-state index contributed by atoms with van der Waals surface area (Å²) < 4.78 is 20.3. The van der Waals surface area contributed by atoms with E-state index in [0.717, 1.165) is 54.0 Å². The van der Waals surface area contributed by atoms with E-state index in [2.05, 4.69) is 4.98 Å². The van der Waals surface area contributed by atoms with Crippen LogP contribution in [0.1, 0.15) is 71.8 Å². The van der Waals surface area contributed by atoms with E-state index < -0.39 is 11.5 Å². The molecule has 3 aromatic rings. The number of carbonyl (C=O) groups is 2. The molecule has 37 heavy (non-hydrogen) atoms. The second-order valence-electron chi connectivity index (χ2n) is 10.7. The summed E-state index contributed by atoms with van der Waals surface area (Å²) >= 11 is 1.41. The van der Waals surface area contributed by atoms with Gasteiger partial charge in [0.15, 0.2) is 0 Å². The monoisotopic (exact) mass is 521 g/mol. The molecule has 3 heterocycles. The Labute approximate surface area is 221 Å². The maximum Gasteiger partial charge on any atom is 0.273 e. The Morgan fingerprint density at radius 1 is 1.11 bits per heavy atom. The fraction of sp³-hybridized carbons (Fsp3) is 0.414. The second-order valence-corrected chi connectivity index (χ2v) is 11.7. The first-order valence-corrected chi connectivity index (χ1v) is 13.6. The second kappa shape index (κ2) is 10.2. The summed E-state index contributed by atoms with van der Waals surface area (Å²) in [6, 6.07) is 12.0. The number of nitrogens with zero attached hydrogens (tertiary/aromatic N) is 3. The van der Waals surface area contributed by atoms with E-state index in [1.54, 1.807) is 11.4 Å². The van der Waals surface area contributed by atoms with E-state index in [4.69, 9.17) is 4.74 Å². The summed E-state index contributed by atoms with van der Waals surface area (Å²) in [6.45, 7) is 8.11. The van der Waals surface area contributed by atoms with Crippen LogP contribution in [0.15, 0.2) is 47.8 Å². The lowest BCUT2D eigenvalue weighted by Gasteiger charge is -2.41. The van der Waals surface area contributed by atoms with E-state index >= 15 is 0 Å². The molecule has 0 radical (unpaired) electrons. The van der Waals surface area contributed by atoms with Crippen molar-refractivity contribution in [3.05, 3.63) is 81.1 Å². The van der Waals surface area contributed by atoms with Crippen molar-refractivity contribution in [1.82, 2.24) is 14.8 Å². The molecule has 0 bridgehead atoms. The molecule has 0 N–H and O–H groups in total. The van der Waals surface area contributed by atoms with Crippen LogP contribution in [0.2, 0.25) is 0 Å². The van der Waals surface area contributed by atoms with Crippen molar-refractivity contribution < 1.29 is 18.7 Å². The lowest BCUT2D eigenvalue weighted by molar-refractivity contribution is -0.141. The molecule has 1 fully saturated rings. The summed E-state index contributed by atoms with van der Waals surface area (Å²) in [6.07, 6.45) is 2.80. The van der Waals surface area contributed by atoms with Crippen molar-refractivity contribution in [2.45, 2.75) is 52.7 Å². The molecule has 2 aliphatic heterocycles. The first-order chi connectivity index (χ1) is 17.7. The zero-order valence-electron chi connectivity index (χ0n) is 21.5. The van der Waals surface area contributed by atoms with E-state index in [-0.39, 0.29) is 24.2 Å². The first kappa shape index (κ1) is 25.4. The highest BCUT2D eigenvalue weighted by molar-refractivity contribution is 7.09. The van der Waals surface area contributed by atoms with Crippen LogP contribution in [-0.4, -0.2) is 46.2 Å². The van der Waals surface area contributed by atoms with Crippen LogP contribution in [0.25, 0.3) is 0 Å². The molecule has 0 unspecified atom stereocenters. The molecule has 0 aliphatic carbocycles. The number of halogens is 1. The van der Waals surface area contributed by atoms with Crippen molar-refractivity contribution in [2.24, 2.45) is 5.41 Å². The number of carbonyl (C=O) groups excluding carboxylic acids is 2. The number of rotatable bonds is 5. The quantitative estimate of drug-likeness (QED) is 0.437. The number of hydrogen-bond acceptors (Lipinski definition) is 5. The third-order valence-corrected chi connectivity index (χ3v) is 7.76. The Balaban J connectivity index is 1.39. The molecule has 1 atom stereocenters. The van der Waals surface area contributed by atoms with E-state index in [1.165, 1.54) is 23.5 Å². The topological polar surface area (TPSA) is 62.7 Å². The molecule has 0 saturated carbocycles. The van der Waals surface area contributed by atoms with Crippen molar-refractivity contribution in [3.63, 3.8) is 0 Å². The van der Waals surface area contributed by atoms with Crippen LogP contribution in [0, 0.1) is 11.2 Å². The number of likely N-dealkylation sites (tertiary alicyclic amines) is 1. The molecule has 8 heteroatoms. The van der Waals surface area contributed by atoms with Gasteiger partial charge in [0, 0.05) is 30.4 Å². The van der Waals surface area contributed by atoms with E-state index in [0.29, 0.717) is 18.0 Å². The number of benzene rings is 2. The fourth-order valence-electron chi connectivity index (χ4n) is 5.07. The van der Waals surface area contributed by atoms with Gasteiger partial charge in [-0.05, 0) is 60.2 Å². The first-order valence-electron chi connectivity index (χ1n) is 12.8. The summed E-state index contributed by atoms with van der Waals surface area (Å²) in [5, 5.41) is 2.52. The third kappa shape index (κ3) is 5.39. The van der Waals surface area contributed by atoms with Crippen LogP contribution in [0.5, 0.6) is 5.75 Å². The minimum atomic E-state index is -0.563. The zero-order chi connectivity index (χ0) is 26.2. The normalized spacial score (nSPS) is 17.6. The van der Waals surface area contributed by atoms with Crippen molar-refractivity contribution in [3.8, 4) is 5.75 Å². The van der Waals surface area contributed by atoms with Crippen molar-refractivity contribution >= 4 is 23.2 Å². The molecule has 5 rings (SSSR count). The van der Waals surface area contributed by atoms with E-state index in [1.807, 2.05) is 54.8 Å². The van der Waals surface area contributed by atoms with Gasteiger partial charge in [0.1, 0.15) is 28.9 Å². The minimum absolute atomic E-state index is 0.0182. The molecular weight excluding hydrogens is 489 g/mol. The maximum absolute atomic E-state index is 14.2. The highest BCUT2D eigenvalue weighted by Crippen LogP contribution is 2.39. The highest BCUT2D eigenvalue weighted by atomic mass is 32.1. The molecule has 6 nitrogen and oxygen atoms in total. The van der Waals surface area contributed by atoms with Crippen LogP contribution >= 0.6 is 11.3 Å². The number of amides is 2. The predicted molar refractivity (Wildman–Crippen MR) is 141 cm³/mol. The van der Waals surface area contributed by atoms with Gasteiger partial charge in [-0.3, -0.25) is 9.59 Å². The summed E-state index contributed by atoms with van der Waals surface area (Å²) in [7, 11) is 0. The molecule has 1 saturated heterocycles. The average Bonchev–Trinajstić information content (AvgIpc) is 3.58. The van der Waals surface area contributed by atoms with Crippen molar-refractivity contribution in [1.29, 1.82) is 0 Å². The minimum Gasteiger partial charge on any atom is -0.486 e. The van der Waals surface area contributed by atoms with E-state index in [9.17, 15) is 14.0 Å². The Morgan fingerprint density at radius 3 is 2.62 bits per heavy atom. The van der Waals surface area contributed by atoms with Gasteiger partial charge in [-0.1, -0.05) is 39.0 Å². The molecule has 2 aromatic carbocycles. The Morgan fingerprint density at radius 2 is 1.89 bits per heavy atom. The predicted octanol–water partition coefficient (Wildman–Crippen LogP) is 5.62. The average molecular weight is 522 g/mol. The van der Waals surface area contributed by atoms with Gasteiger partial charge in [-0.25, -0.2) is 9.37 Å². The number of hydrogen-bond donors (Lipinski definition) is 0. The standard InChI is InChI=1S/C29H32FN3O3S/c1-29(2,3)28(35)33-14-11-19-9-10-22(16-23(19)26(33)20-7-6-8-21(30)15-20)36-17-25-31-24(18-37-25)27(34)32-12-4-5-13-32/h6-10,15-16,18,26H,4-5,11-14,17H2,1-3H3/t26-/m0/s1. The third-order valence-electron chi connectivity index (χ3n) is 6.94. The van der Waals surface area contributed by atoms with Gasteiger partial charge in [-0.2, -0.15) is 0 Å². The van der Waals surface area contributed by atoms with Crippen LogP contribution in [0.3, 0.4) is 0 Å². The molecule has 0 spiro atoms. The number of aromatic nitrogens is 1. The molecule has 1 aromatic heterocycles. The molecule has 2 amide bonds. The van der Waals surface area contributed by atoms with Gasteiger partial charge in [0.25, 0.3) is 5.91 Å². The van der Waals surface area contributed by atoms with Gasteiger partial charge in [0.2, 0.25) is 5.91 Å². The SMILES string of the molecule is CC(C)(C)C(=O)N1CCc2ccc(OCc3nc(C(=O)N4CCCC4)cs3)cc2[C@@H]1c1cccc(F)c1. The molecule has 2 aliphatic rings. The fourth-order valence-corrected chi connectivity index (χ4v) is 5.75. The molecule has 194 valence electrons. The smallest absolute Gasteiger partial charge is 0.273 e. The Hall–Kier alpha value is -3.26. The largest absolute Gasteiger partial charge is 0.486 e. The summed E-state index contributed by atoms with van der Waals surface area (Å²) in [5.41, 5.74) is 2.70.